The monoisotopic (exact) mass is 439 g/mol. The van der Waals surface area contributed by atoms with Crippen molar-refractivity contribution in [2.45, 2.75) is 19.3 Å². The summed E-state index contributed by atoms with van der Waals surface area (Å²) in [6.07, 6.45) is 1.54. The summed E-state index contributed by atoms with van der Waals surface area (Å²) in [6.45, 7) is 3.72. The van der Waals surface area contributed by atoms with Gasteiger partial charge in [-0.3, -0.25) is 9.59 Å². The molecule has 5 heteroatoms. The van der Waals surface area contributed by atoms with E-state index in [-0.39, 0.29) is 28.1 Å². The number of hydrogen-bond acceptors (Lipinski definition) is 5. The van der Waals surface area contributed by atoms with E-state index < -0.39 is 12.6 Å². The second kappa shape index (κ2) is 8.87. The van der Waals surface area contributed by atoms with Crippen molar-refractivity contribution in [3.8, 4) is 0 Å². The number of ketones is 2. The van der Waals surface area contributed by atoms with Crippen molar-refractivity contribution in [3.63, 3.8) is 0 Å². The van der Waals surface area contributed by atoms with E-state index in [1.807, 2.05) is 36.2 Å². The van der Waals surface area contributed by atoms with Crippen molar-refractivity contribution in [2.24, 2.45) is 0 Å². The van der Waals surface area contributed by atoms with Crippen LogP contribution in [0.1, 0.15) is 45.7 Å². The summed E-state index contributed by atoms with van der Waals surface area (Å²) in [5, 5.41) is 0. The first kappa shape index (κ1) is 22.2. The van der Waals surface area contributed by atoms with Crippen molar-refractivity contribution < 1.29 is 19.1 Å². The first-order valence-corrected chi connectivity index (χ1v) is 10.7. The van der Waals surface area contributed by atoms with Gasteiger partial charge in [0.2, 0.25) is 0 Å². The molecule has 1 heterocycles. The molecule has 33 heavy (non-hydrogen) atoms. The van der Waals surface area contributed by atoms with E-state index in [1.165, 1.54) is 12.1 Å². The fraction of sp³-hybridized carbons (Fsp3) is 0.179. The molecule has 0 spiro atoms. The maximum atomic E-state index is 12.9. The fourth-order valence-corrected chi connectivity index (χ4v) is 4.27. The number of rotatable bonds is 6. The number of fused-ring (bicyclic) bond motifs is 1. The summed E-state index contributed by atoms with van der Waals surface area (Å²) in [5.74, 6) is -1.30. The third-order valence-electron chi connectivity index (χ3n) is 6.01. The zero-order chi connectivity index (χ0) is 23.6. The number of para-hydroxylation sites is 1. The lowest BCUT2D eigenvalue weighted by Crippen LogP contribution is -2.25. The van der Waals surface area contributed by atoms with Crippen LogP contribution in [0, 0.1) is 0 Å². The molecule has 5 nitrogen and oxygen atoms in total. The molecule has 0 aliphatic carbocycles. The van der Waals surface area contributed by atoms with Gasteiger partial charge in [0, 0.05) is 41.1 Å². The summed E-state index contributed by atoms with van der Waals surface area (Å²) in [6, 6.07) is 23.2. The van der Waals surface area contributed by atoms with Crippen molar-refractivity contribution in [1.29, 1.82) is 0 Å². The lowest BCUT2D eigenvalue weighted by Gasteiger charge is -2.23. The van der Waals surface area contributed by atoms with Crippen molar-refractivity contribution in [1.82, 2.24) is 0 Å². The molecule has 0 amide bonds. The highest BCUT2D eigenvalue weighted by molar-refractivity contribution is 6.14. The first-order chi connectivity index (χ1) is 15.8. The van der Waals surface area contributed by atoms with Crippen LogP contribution in [0.3, 0.4) is 0 Å². The van der Waals surface area contributed by atoms with Crippen LogP contribution in [-0.2, 0) is 14.9 Å². The molecule has 0 fully saturated rings. The average molecular weight is 440 g/mol. The van der Waals surface area contributed by atoms with Crippen LogP contribution in [0.4, 0.5) is 5.69 Å². The van der Waals surface area contributed by atoms with E-state index in [1.54, 1.807) is 42.5 Å². The molecule has 0 radical (unpaired) electrons. The van der Waals surface area contributed by atoms with Crippen LogP contribution in [-0.4, -0.2) is 31.2 Å². The predicted octanol–water partition coefficient (Wildman–Crippen LogP) is 4.96. The molecule has 1 aliphatic heterocycles. The molecule has 166 valence electrons. The van der Waals surface area contributed by atoms with Gasteiger partial charge < -0.3 is 9.64 Å². The predicted molar refractivity (Wildman–Crippen MR) is 128 cm³/mol. The summed E-state index contributed by atoms with van der Waals surface area (Å²) in [5.41, 5.74) is 3.53. The van der Waals surface area contributed by atoms with Gasteiger partial charge in [-0.2, -0.15) is 0 Å². The molecule has 3 aromatic carbocycles. The summed E-state index contributed by atoms with van der Waals surface area (Å²) < 4.78 is 5.30. The molecule has 1 aliphatic rings. The number of hydrogen-bond donors (Lipinski definition) is 0. The van der Waals surface area contributed by atoms with Crippen molar-refractivity contribution in [2.75, 3.05) is 18.6 Å². The standard InChI is InChI=1S/C28H25NO4/c1-28(2)23-15-9-10-16-24(23)29(3)25(28)17-20(30)18-33-27(32)22-14-8-7-13-21(22)26(31)19-11-5-4-6-12-19/h4-17H,18H2,1-3H3/b25-17-. The lowest BCUT2D eigenvalue weighted by molar-refractivity contribution is -0.117. The Morgan fingerprint density at radius 3 is 2.15 bits per heavy atom. The van der Waals surface area contributed by atoms with Gasteiger partial charge in [0.1, 0.15) is 0 Å². The van der Waals surface area contributed by atoms with E-state index in [9.17, 15) is 14.4 Å². The second-order valence-corrected chi connectivity index (χ2v) is 8.51. The van der Waals surface area contributed by atoms with Gasteiger partial charge in [-0.25, -0.2) is 4.79 Å². The molecule has 0 saturated carbocycles. The van der Waals surface area contributed by atoms with Crippen LogP contribution in [0.15, 0.2) is 90.6 Å². The minimum Gasteiger partial charge on any atom is -0.454 e. The number of carbonyl (C=O) groups excluding carboxylic acids is 3. The van der Waals surface area contributed by atoms with E-state index in [0.29, 0.717) is 5.56 Å². The number of ether oxygens (including phenoxy) is 1. The number of carbonyl (C=O) groups is 3. The summed E-state index contributed by atoms with van der Waals surface area (Å²) in [4.78, 5) is 40.3. The topological polar surface area (TPSA) is 63.7 Å². The summed E-state index contributed by atoms with van der Waals surface area (Å²) >= 11 is 0. The van der Waals surface area contributed by atoms with Gasteiger partial charge >= 0.3 is 5.97 Å². The van der Waals surface area contributed by atoms with Gasteiger partial charge in [0.15, 0.2) is 18.2 Å². The number of likely N-dealkylation sites (N-methyl/N-ethyl adjacent to an activating group) is 1. The lowest BCUT2D eigenvalue weighted by atomic mass is 9.83. The molecule has 0 unspecified atom stereocenters. The Bertz CT molecular complexity index is 1260. The number of nitrogens with zero attached hydrogens (tertiary/aromatic N) is 1. The van der Waals surface area contributed by atoms with Crippen LogP contribution < -0.4 is 4.90 Å². The maximum absolute atomic E-state index is 12.9. The molecule has 0 atom stereocenters. The molecule has 4 rings (SSSR count). The highest BCUT2D eigenvalue weighted by atomic mass is 16.5. The van der Waals surface area contributed by atoms with Crippen LogP contribution in [0.5, 0.6) is 0 Å². The normalized spacial score (nSPS) is 15.2. The Morgan fingerprint density at radius 2 is 1.45 bits per heavy atom. The Morgan fingerprint density at radius 1 is 0.848 bits per heavy atom. The van der Waals surface area contributed by atoms with Crippen molar-refractivity contribution >= 4 is 23.2 Å². The van der Waals surface area contributed by atoms with Gasteiger partial charge in [-0.05, 0) is 17.7 Å². The number of allylic oxidation sites excluding steroid dienone is 1. The fourth-order valence-electron chi connectivity index (χ4n) is 4.27. The van der Waals surface area contributed by atoms with E-state index >= 15 is 0 Å². The Hall–Kier alpha value is -3.99. The Labute approximate surface area is 193 Å². The van der Waals surface area contributed by atoms with Gasteiger partial charge in [-0.15, -0.1) is 0 Å². The van der Waals surface area contributed by atoms with Gasteiger partial charge in [0.25, 0.3) is 0 Å². The zero-order valence-corrected chi connectivity index (χ0v) is 18.9. The minimum atomic E-state index is -0.705. The SMILES string of the molecule is CN1/C(=C\C(=O)COC(=O)c2ccccc2C(=O)c2ccccc2)C(C)(C)c2ccccc21. The highest BCUT2D eigenvalue weighted by Gasteiger charge is 2.38. The largest absolute Gasteiger partial charge is 0.454 e. The highest BCUT2D eigenvalue weighted by Crippen LogP contribution is 2.46. The molecular weight excluding hydrogens is 414 g/mol. The van der Waals surface area contributed by atoms with Crippen LogP contribution in [0.2, 0.25) is 0 Å². The second-order valence-electron chi connectivity index (χ2n) is 8.51. The molecule has 0 saturated heterocycles. The van der Waals surface area contributed by atoms with Gasteiger partial charge in [-0.1, -0.05) is 80.6 Å². The maximum Gasteiger partial charge on any atom is 0.339 e. The van der Waals surface area contributed by atoms with Crippen LogP contribution in [0.25, 0.3) is 0 Å². The number of anilines is 1. The molecule has 0 N–H and O–H groups in total. The number of benzene rings is 3. The average Bonchev–Trinajstić information content (AvgIpc) is 3.03. The number of esters is 1. The van der Waals surface area contributed by atoms with Crippen molar-refractivity contribution in [3.05, 3.63) is 113 Å². The molecule has 0 bridgehead atoms. The summed E-state index contributed by atoms with van der Waals surface area (Å²) in [7, 11) is 1.92. The Kier molecular flexibility index (Phi) is 5.97. The van der Waals surface area contributed by atoms with Crippen LogP contribution >= 0.6 is 0 Å². The quantitative estimate of drug-likeness (QED) is 0.309. The first-order valence-electron chi connectivity index (χ1n) is 10.7. The molecular formula is C28H25NO4. The van der Waals surface area contributed by atoms with Gasteiger partial charge in [0.05, 0.1) is 5.56 Å². The zero-order valence-electron chi connectivity index (χ0n) is 18.9. The third-order valence-corrected chi connectivity index (χ3v) is 6.01. The minimum absolute atomic E-state index is 0.137. The Balaban J connectivity index is 1.49. The third kappa shape index (κ3) is 4.22. The molecule has 0 aromatic heterocycles. The van der Waals surface area contributed by atoms with E-state index in [2.05, 4.69) is 19.9 Å². The molecule has 3 aromatic rings. The smallest absolute Gasteiger partial charge is 0.339 e. The van der Waals surface area contributed by atoms with E-state index in [4.69, 9.17) is 4.74 Å². The van der Waals surface area contributed by atoms with E-state index in [0.717, 1.165) is 16.9 Å².